The van der Waals surface area contributed by atoms with Crippen molar-refractivity contribution in [3.63, 3.8) is 0 Å². The molecule has 3 nitrogen and oxygen atoms in total. The van der Waals surface area contributed by atoms with Crippen LogP contribution in [0.15, 0.2) is 36.7 Å². The highest BCUT2D eigenvalue weighted by Gasteiger charge is 2.12. The van der Waals surface area contributed by atoms with E-state index in [1.54, 1.807) is 31.6 Å². The van der Waals surface area contributed by atoms with Crippen molar-refractivity contribution in [2.45, 2.75) is 0 Å². The Kier molecular flexibility index (Phi) is 3.23. The van der Waals surface area contributed by atoms with Gasteiger partial charge in [-0.1, -0.05) is 12.1 Å². The van der Waals surface area contributed by atoms with E-state index in [1.807, 2.05) is 0 Å². The SMILES string of the molecule is COc1cncc(-c2cccc(F)c2)c1OC. The largest absolute Gasteiger partial charge is 0.492 e. The Bertz CT molecular complexity index is 529. The van der Waals surface area contributed by atoms with Crippen LogP contribution >= 0.6 is 0 Å². The highest BCUT2D eigenvalue weighted by Crippen LogP contribution is 2.36. The third-order valence-corrected chi connectivity index (χ3v) is 2.42. The lowest BCUT2D eigenvalue weighted by atomic mass is 10.1. The van der Waals surface area contributed by atoms with Crippen LogP contribution in [0.2, 0.25) is 0 Å². The van der Waals surface area contributed by atoms with Gasteiger partial charge in [-0.3, -0.25) is 4.98 Å². The van der Waals surface area contributed by atoms with E-state index < -0.39 is 0 Å². The molecule has 0 fully saturated rings. The van der Waals surface area contributed by atoms with E-state index in [0.717, 1.165) is 0 Å². The number of pyridine rings is 1. The highest BCUT2D eigenvalue weighted by molar-refractivity contribution is 5.72. The third kappa shape index (κ3) is 2.20. The van der Waals surface area contributed by atoms with Gasteiger partial charge in [-0.2, -0.15) is 0 Å². The van der Waals surface area contributed by atoms with Crippen LogP contribution in [-0.2, 0) is 0 Å². The minimum Gasteiger partial charge on any atom is -0.492 e. The lowest BCUT2D eigenvalue weighted by molar-refractivity contribution is 0.354. The Hall–Kier alpha value is -2.10. The van der Waals surface area contributed by atoms with Crippen molar-refractivity contribution >= 4 is 0 Å². The summed E-state index contributed by atoms with van der Waals surface area (Å²) in [4.78, 5) is 4.04. The predicted molar refractivity (Wildman–Crippen MR) is 62.7 cm³/mol. The van der Waals surface area contributed by atoms with Crippen molar-refractivity contribution in [1.29, 1.82) is 0 Å². The van der Waals surface area contributed by atoms with Crippen molar-refractivity contribution in [3.05, 3.63) is 42.5 Å². The average Bonchev–Trinajstić information content (AvgIpc) is 2.37. The van der Waals surface area contributed by atoms with Gasteiger partial charge >= 0.3 is 0 Å². The van der Waals surface area contributed by atoms with Crippen LogP contribution in [0.1, 0.15) is 0 Å². The standard InChI is InChI=1S/C13H12FNO2/c1-16-12-8-15-7-11(13(12)17-2)9-4-3-5-10(14)6-9/h3-8H,1-2H3. The fourth-order valence-corrected chi connectivity index (χ4v) is 1.65. The van der Waals surface area contributed by atoms with Gasteiger partial charge in [-0.25, -0.2) is 4.39 Å². The summed E-state index contributed by atoms with van der Waals surface area (Å²) in [5.74, 6) is 0.773. The van der Waals surface area contributed by atoms with Gasteiger partial charge < -0.3 is 9.47 Å². The second-order valence-corrected chi connectivity index (χ2v) is 3.43. The van der Waals surface area contributed by atoms with Gasteiger partial charge in [0.1, 0.15) is 5.82 Å². The molecule has 0 N–H and O–H groups in total. The van der Waals surface area contributed by atoms with Crippen LogP contribution in [-0.4, -0.2) is 19.2 Å². The summed E-state index contributed by atoms with van der Waals surface area (Å²) in [5, 5.41) is 0. The first-order valence-corrected chi connectivity index (χ1v) is 5.08. The second-order valence-electron chi connectivity index (χ2n) is 3.43. The molecule has 0 saturated carbocycles. The molecule has 0 saturated heterocycles. The quantitative estimate of drug-likeness (QED) is 0.816. The molecular weight excluding hydrogens is 221 g/mol. The molecule has 88 valence electrons. The number of ether oxygens (including phenoxy) is 2. The van der Waals surface area contributed by atoms with Crippen molar-refractivity contribution in [1.82, 2.24) is 4.98 Å². The van der Waals surface area contributed by atoms with Crippen molar-refractivity contribution in [3.8, 4) is 22.6 Å². The number of halogens is 1. The minimum atomic E-state index is -0.299. The molecule has 2 aromatic rings. The van der Waals surface area contributed by atoms with Gasteiger partial charge in [0, 0.05) is 11.8 Å². The predicted octanol–water partition coefficient (Wildman–Crippen LogP) is 2.90. The van der Waals surface area contributed by atoms with Crippen molar-refractivity contribution in [2.24, 2.45) is 0 Å². The Balaban J connectivity index is 2.59. The number of aromatic nitrogens is 1. The molecule has 0 radical (unpaired) electrons. The maximum absolute atomic E-state index is 13.2. The molecule has 0 spiro atoms. The molecule has 0 atom stereocenters. The van der Waals surface area contributed by atoms with Crippen LogP contribution in [0.3, 0.4) is 0 Å². The first-order chi connectivity index (χ1) is 8.26. The molecule has 1 heterocycles. The van der Waals surface area contributed by atoms with Gasteiger partial charge in [0.15, 0.2) is 11.5 Å². The Morgan fingerprint density at radius 3 is 2.59 bits per heavy atom. The lowest BCUT2D eigenvalue weighted by Gasteiger charge is -2.11. The molecule has 1 aromatic carbocycles. The summed E-state index contributed by atoms with van der Waals surface area (Å²) in [6, 6.07) is 6.26. The van der Waals surface area contributed by atoms with E-state index in [1.165, 1.54) is 19.2 Å². The number of benzene rings is 1. The zero-order valence-electron chi connectivity index (χ0n) is 9.61. The molecule has 4 heteroatoms. The van der Waals surface area contributed by atoms with Crippen molar-refractivity contribution < 1.29 is 13.9 Å². The number of rotatable bonds is 3. The number of nitrogens with zero attached hydrogens (tertiary/aromatic N) is 1. The molecule has 0 amide bonds. The fraction of sp³-hybridized carbons (Fsp3) is 0.154. The number of methoxy groups -OCH3 is 2. The van der Waals surface area contributed by atoms with E-state index in [9.17, 15) is 4.39 Å². The Labute approximate surface area is 98.8 Å². The third-order valence-electron chi connectivity index (χ3n) is 2.42. The molecule has 0 unspecified atom stereocenters. The van der Waals surface area contributed by atoms with Gasteiger partial charge in [0.05, 0.1) is 20.4 Å². The first-order valence-electron chi connectivity index (χ1n) is 5.08. The second kappa shape index (κ2) is 4.82. The normalized spacial score (nSPS) is 10.1. The topological polar surface area (TPSA) is 31.4 Å². The molecule has 0 aliphatic rings. The molecule has 0 aliphatic heterocycles. The van der Waals surface area contributed by atoms with Gasteiger partial charge in [0.2, 0.25) is 0 Å². The first kappa shape index (κ1) is 11.4. The molecule has 1 aromatic heterocycles. The van der Waals surface area contributed by atoms with Gasteiger partial charge in [-0.15, -0.1) is 0 Å². The summed E-state index contributed by atoms with van der Waals surface area (Å²) in [5.41, 5.74) is 1.40. The summed E-state index contributed by atoms with van der Waals surface area (Å²) < 4.78 is 23.6. The smallest absolute Gasteiger partial charge is 0.179 e. The zero-order chi connectivity index (χ0) is 12.3. The van der Waals surface area contributed by atoms with E-state index in [0.29, 0.717) is 22.6 Å². The molecule has 0 bridgehead atoms. The van der Waals surface area contributed by atoms with Crippen LogP contribution in [0, 0.1) is 5.82 Å². The average molecular weight is 233 g/mol. The van der Waals surface area contributed by atoms with Crippen LogP contribution in [0.25, 0.3) is 11.1 Å². The highest BCUT2D eigenvalue weighted by atomic mass is 19.1. The summed E-state index contributed by atoms with van der Waals surface area (Å²) in [6.07, 6.45) is 3.18. The Morgan fingerprint density at radius 1 is 1.12 bits per heavy atom. The molecule has 0 aliphatic carbocycles. The minimum absolute atomic E-state index is 0.299. The van der Waals surface area contributed by atoms with E-state index >= 15 is 0 Å². The summed E-state index contributed by atoms with van der Waals surface area (Å²) in [6.45, 7) is 0. The number of hydrogen-bond acceptors (Lipinski definition) is 3. The van der Waals surface area contributed by atoms with E-state index in [-0.39, 0.29) is 5.82 Å². The molecular formula is C13H12FNO2. The van der Waals surface area contributed by atoms with Crippen LogP contribution in [0.4, 0.5) is 4.39 Å². The lowest BCUT2D eigenvalue weighted by Crippen LogP contribution is -1.94. The Morgan fingerprint density at radius 2 is 1.94 bits per heavy atom. The summed E-state index contributed by atoms with van der Waals surface area (Å²) >= 11 is 0. The van der Waals surface area contributed by atoms with Crippen LogP contribution in [0.5, 0.6) is 11.5 Å². The van der Waals surface area contributed by atoms with Crippen LogP contribution < -0.4 is 9.47 Å². The maximum atomic E-state index is 13.2. The van der Waals surface area contributed by atoms with Gasteiger partial charge in [-0.05, 0) is 17.7 Å². The van der Waals surface area contributed by atoms with E-state index in [4.69, 9.17) is 9.47 Å². The number of hydrogen-bond donors (Lipinski definition) is 0. The van der Waals surface area contributed by atoms with E-state index in [2.05, 4.69) is 4.98 Å². The zero-order valence-corrected chi connectivity index (χ0v) is 9.61. The molecule has 2 rings (SSSR count). The van der Waals surface area contributed by atoms with Gasteiger partial charge in [0.25, 0.3) is 0 Å². The summed E-state index contributed by atoms with van der Waals surface area (Å²) in [7, 11) is 3.08. The molecule has 17 heavy (non-hydrogen) atoms. The fourth-order valence-electron chi connectivity index (χ4n) is 1.65. The van der Waals surface area contributed by atoms with Crippen molar-refractivity contribution in [2.75, 3.05) is 14.2 Å². The monoisotopic (exact) mass is 233 g/mol. The maximum Gasteiger partial charge on any atom is 0.179 e.